The molecule has 0 aliphatic heterocycles. The van der Waals surface area contributed by atoms with Crippen molar-refractivity contribution in [2.45, 2.75) is 52.5 Å². The molecule has 0 radical (unpaired) electrons. The van der Waals surface area contributed by atoms with Gasteiger partial charge in [0, 0.05) is 32.3 Å². The lowest BCUT2D eigenvalue weighted by Gasteiger charge is -2.43. The first-order valence-corrected chi connectivity index (χ1v) is 7.64. The molecule has 3 rings (SSSR count). The first-order chi connectivity index (χ1) is 8.92. The smallest absolute Gasteiger partial charge is 0.0637 e. The molecule has 2 aliphatic rings. The number of rotatable bonds is 4. The summed E-state index contributed by atoms with van der Waals surface area (Å²) in [6, 6.07) is 2.79. The summed E-state index contributed by atoms with van der Waals surface area (Å²) in [5.74, 6) is 0.921. The van der Waals surface area contributed by atoms with Gasteiger partial charge in [-0.3, -0.25) is 4.68 Å². The van der Waals surface area contributed by atoms with Crippen LogP contribution in [-0.4, -0.2) is 22.4 Å². The van der Waals surface area contributed by atoms with E-state index >= 15 is 0 Å². The van der Waals surface area contributed by atoms with Gasteiger partial charge in [0.25, 0.3) is 0 Å². The quantitative estimate of drug-likeness (QED) is 0.903. The van der Waals surface area contributed by atoms with E-state index in [1.807, 2.05) is 17.9 Å². The van der Waals surface area contributed by atoms with Crippen LogP contribution in [-0.2, 0) is 13.5 Å². The summed E-state index contributed by atoms with van der Waals surface area (Å²) in [6.07, 6.45) is 7.32. The van der Waals surface area contributed by atoms with E-state index in [9.17, 15) is 0 Å². The SMILES string of the molecule is Cn1ccc(CCNC2C(C)(C)[C@H]3CC[C@]2(C)C3)n1. The molecule has 3 nitrogen and oxygen atoms in total. The maximum absolute atomic E-state index is 4.45. The molecule has 2 fully saturated rings. The molecule has 2 bridgehead atoms. The highest BCUT2D eigenvalue weighted by molar-refractivity contribution is 5.12. The first-order valence-electron chi connectivity index (χ1n) is 7.64. The third kappa shape index (κ3) is 2.12. The second-order valence-electron chi connectivity index (χ2n) is 7.53. The fourth-order valence-electron chi connectivity index (χ4n) is 4.75. The standard InChI is InChI=1S/C16H27N3/c1-15(2)12-5-8-16(3,11-12)14(15)17-9-6-13-7-10-19(4)18-13/h7,10,12,14,17H,5-6,8-9,11H2,1-4H3/t12-,14?,16+/m0/s1. The third-order valence-electron chi connectivity index (χ3n) is 5.77. The Morgan fingerprint density at radius 1 is 1.42 bits per heavy atom. The second-order valence-corrected chi connectivity index (χ2v) is 7.53. The van der Waals surface area contributed by atoms with E-state index in [1.54, 1.807) is 0 Å². The molecule has 0 aromatic carbocycles. The van der Waals surface area contributed by atoms with Gasteiger partial charge in [0.05, 0.1) is 5.69 Å². The summed E-state index contributed by atoms with van der Waals surface area (Å²) in [5, 5.41) is 8.31. The van der Waals surface area contributed by atoms with Crippen molar-refractivity contribution in [1.82, 2.24) is 15.1 Å². The molecule has 2 aliphatic carbocycles. The number of nitrogens with one attached hydrogen (secondary N) is 1. The van der Waals surface area contributed by atoms with Crippen LogP contribution < -0.4 is 5.32 Å². The van der Waals surface area contributed by atoms with Crippen molar-refractivity contribution >= 4 is 0 Å². The van der Waals surface area contributed by atoms with E-state index in [1.165, 1.54) is 25.0 Å². The number of aromatic nitrogens is 2. The molecule has 0 amide bonds. The number of nitrogens with zero attached hydrogens (tertiary/aromatic N) is 2. The number of hydrogen-bond acceptors (Lipinski definition) is 2. The predicted molar refractivity (Wildman–Crippen MR) is 77.9 cm³/mol. The van der Waals surface area contributed by atoms with E-state index in [0.29, 0.717) is 16.9 Å². The largest absolute Gasteiger partial charge is 0.313 e. The molecular weight excluding hydrogens is 234 g/mol. The zero-order valence-electron chi connectivity index (χ0n) is 12.7. The summed E-state index contributed by atoms with van der Waals surface area (Å²) in [4.78, 5) is 0. The highest BCUT2D eigenvalue weighted by Crippen LogP contribution is 2.62. The zero-order valence-corrected chi connectivity index (χ0v) is 12.7. The van der Waals surface area contributed by atoms with Gasteiger partial charge in [-0.15, -0.1) is 0 Å². The maximum Gasteiger partial charge on any atom is 0.0637 e. The summed E-state index contributed by atoms with van der Waals surface area (Å²) in [6.45, 7) is 8.45. The van der Waals surface area contributed by atoms with Crippen molar-refractivity contribution in [1.29, 1.82) is 0 Å². The van der Waals surface area contributed by atoms with Crippen LogP contribution in [0.5, 0.6) is 0 Å². The molecule has 2 saturated carbocycles. The van der Waals surface area contributed by atoms with Crippen LogP contribution in [0.15, 0.2) is 12.3 Å². The highest BCUT2D eigenvalue weighted by atomic mass is 15.2. The van der Waals surface area contributed by atoms with E-state index < -0.39 is 0 Å². The highest BCUT2D eigenvalue weighted by Gasteiger charge is 2.58. The topological polar surface area (TPSA) is 29.9 Å². The average Bonchev–Trinajstić information content (AvgIpc) is 2.95. The molecule has 3 atom stereocenters. The van der Waals surface area contributed by atoms with Gasteiger partial charge < -0.3 is 5.32 Å². The molecule has 3 heteroatoms. The van der Waals surface area contributed by atoms with Crippen molar-refractivity contribution in [3.05, 3.63) is 18.0 Å². The number of hydrogen-bond donors (Lipinski definition) is 1. The van der Waals surface area contributed by atoms with Crippen LogP contribution in [0.25, 0.3) is 0 Å². The Morgan fingerprint density at radius 2 is 2.21 bits per heavy atom. The van der Waals surface area contributed by atoms with E-state index in [0.717, 1.165) is 18.9 Å². The molecule has 1 heterocycles. The minimum absolute atomic E-state index is 0.455. The Morgan fingerprint density at radius 3 is 2.79 bits per heavy atom. The molecule has 106 valence electrons. The second kappa shape index (κ2) is 4.34. The van der Waals surface area contributed by atoms with Gasteiger partial charge in [-0.2, -0.15) is 5.10 Å². The van der Waals surface area contributed by atoms with Gasteiger partial charge in [-0.1, -0.05) is 20.8 Å². The fourth-order valence-corrected chi connectivity index (χ4v) is 4.75. The summed E-state index contributed by atoms with van der Waals surface area (Å²) >= 11 is 0. The van der Waals surface area contributed by atoms with Crippen LogP contribution in [0.3, 0.4) is 0 Å². The maximum atomic E-state index is 4.45. The number of aryl methyl sites for hydroxylation is 1. The van der Waals surface area contributed by atoms with Crippen molar-refractivity contribution in [3.63, 3.8) is 0 Å². The van der Waals surface area contributed by atoms with Gasteiger partial charge in [-0.25, -0.2) is 0 Å². The van der Waals surface area contributed by atoms with Gasteiger partial charge in [-0.05, 0) is 42.1 Å². The number of fused-ring (bicyclic) bond motifs is 2. The minimum Gasteiger partial charge on any atom is -0.313 e. The van der Waals surface area contributed by atoms with E-state index in [-0.39, 0.29) is 0 Å². The average molecular weight is 261 g/mol. The molecule has 0 saturated heterocycles. The lowest BCUT2D eigenvalue weighted by Crippen LogP contribution is -2.50. The third-order valence-corrected chi connectivity index (χ3v) is 5.77. The lowest BCUT2D eigenvalue weighted by molar-refractivity contribution is 0.110. The fraction of sp³-hybridized carbons (Fsp3) is 0.812. The molecule has 19 heavy (non-hydrogen) atoms. The van der Waals surface area contributed by atoms with Crippen LogP contribution in [0.4, 0.5) is 0 Å². The van der Waals surface area contributed by atoms with E-state index in [4.69, 9.17) is 0 Å². The first kappa shape index (κ1) is 13.2. The summed E-state index contributed by atoms with van der Waals surface area (Å²) < 4.78 is 1.89. The monoisotopic (exact) mass is 261 g/mol. The molecule has 1 N–H and O–H groups in total. The Hall–Kier alpha value is -0.830. The van der Waals surface area contributed by atoms with Crippen molar-refractivity contribution in [3.8, 4) is 0 Å². The molecule has 1 unspecified atom stereocenters. The van der Waals surface area contributed by atoms with Crippen LogP contribution in [0.1, 0.15) is 45.7 Å². The van der Waals surface area contributed by atoms with Crippen molar-refractivity contribution in [2.24, 2.45) is 23.8 Å². The lowest BCUT2D eigenvalue weighted by atomic mass is 9.68. The molecule has 1 aromatic heterocycles. The summed E-state index contributed by atoms with van der Waals surface area (Å²) in [5.41, 5.74) is 2.18. The van der Waals surface area contributed by atoms with Crippen LogP contribution >= 0.6 is 0 Å². The Kier molecular flexibility index (Phi) is 3.01. The zero-order chi connectivity index (χ0) is 13.7. The molecular formula is C16H27N3. The summed E-state index contributed by atoms with van der Waals surface area (Å²) in [7, 11) is 1.98. The van der Waals surface area contributed by atoms with Crippen LogP contribution in [0, 0.1) is 16.7 Å². The predicted octanol–water partition coefficient (Wildman–Crippen LogP) is 2.77. The Bertz CT molecular complexity index is 458. The van der Waals surface area contributed by atoms with Gasteiger partial charge >= 0.3 is 0 Å². The Labute approximate surface area is 116 Å². The van der Waals surface area contributed by atoms with Gasteiger partial charge in [0.15, 0.2) is 0 Å². The minimum atomic E-state index is 0.455. The normalized spacial score (nSPS) is 36.0. The van der Waals surface area contributed by atoms with Gasteiger partial charge in [0.1, 0.15) is 0 Å². The Balaban J connectivity index is 1.60. The molecule has 0 spiro atoms. The van der Waals surface area contributed by atoms with Crippen molar-refractivity contribution < 1.29 is 0 Å². The van der Waals surface area contributed by atoms with E-state index in [2.05, 4.69) is 37.3 Å². The van der Waals surface area contributed by atoms with Crippen LogP contribution in [0.2, 0.25) is 0 Å². The molecule has 1 aromatic rings. The van der Waals surface area contributed by atoms with Gasteiger partial charge in [0.2, 0.25) is 0 Å². The van der Waals surface area contributed by atoms with Crippen molar-refractivity contribution in [2.75, 3.05) is 6.54 Å².